The number of anilines is 1. The van der Waals surface area contributed by atoms with E-state index in [0.29, 0.717) is 11.0 Å². The van der Waals surface area contributed by atoms with Crippen LogP contribution in [0.5, 0.6) is 0 Å². The van der Waals surface area contributed by atoms with Gasteiger partial charge in [-0.2, -0.15) is 0 Å². The minimum atomic E-state index is 0. The van der Waals surface area contributed by atoms with Crippen molar-refractivity contribution >= 4 is 35.7 Å². The summed E-state index contributed by atoms with van der Waals surface area (Å²) >= 11 is 5.83. The van der Waals surface area contributed by atoms with Gasteiger partial charge in [-0.15, -0.1) is 17.5 Å². The first kappa shape index (κ1) is 14.9. The molecule has 90 valence electrons. The Balaban J connectivity index is 0.00000225. The highest BCUT2D eigenvalue weighted by molar-refractivity contribution is 6.30. The summed E-state index contributed by atoms with van der Waals surface area (Å²) in [5.41, 5.74) is 10.4. The number of benzene rings is 1. The number of guanidine groups is 1. The number of hydrogen-bond acceptors (Lipinski definition) is 2. The molecule has 0 unspecified atom stereocenters. The average molecular weight is 263 g/mol. The summed E-state index contributed by atoms with van der Waals surface area (Å²) in [5, 5.41) is 4.72. The molecule has 0 saturated carbocycles. The Labute approximate surface area is 107 Å². The topological polar surface area (TPSA) is 53.6 Å². The number of nitrogens with zero attached hydrogens (tertiary/aromatic N) is 2. The van der Waals surface area contributed by atoms with Crippen molar-refractivity contribution in [3.8, 4) is 0 Å². The Morgan fingerprint density at radius 2 is 2.06 bits per heavy atom. The summed E-state index contributed by atoms with van der Waals surface area (Å²) in [6, 6.07) is 5.54. The molecule has 0 aliphatic carbocycles. The first-order chi connectivity index (χ1) is 7.00. The van der Waals surface area contributed by atoms with Crippen molar-refractivity contribution < 1.29 is 0 Å². The van der Waals surface area contributed by atoms with Gasteiger partial charge in [0.25, 0.3) is 0 Å². The van der Waals surface area contributed by atoms with Crippen LogP contribution in [0.4, 0.5) is 5.69 Å². The second-order valence-corrected chi connectivity index (χ2v) is 3.87. The van der Waals surface area contributed by atoms with Gasteiger partial charge in [0.1, 0.15) is 0 Å². The summed E-state index contributed by atoms with van der Waals surface area (Å²) in [6.45, 7) is 1.95. The van der Waals surface area contributed by atoms with Gasteiger partial charge in [0.05, 0.1) is 5.69 Å². The van der Waals surface area contributed by atoms with E-state index in [2.05, 4.69) is 10.5 Å². The maximum Gasteiger partial charge on any atom is 0.213 e. The third-order valence-corrected chi connectivity index (χ3v) is 2.17. The lowest BCUT2D eigenvalue weighted by Crippen LogP contribution is -2.31. The van der Waals surface area contributed by atoms with E-state index in [1.165, 1.54) is 0 Å². The van der Waals surface area contributed by atoms with Crippen molar-refractivity contribution in [3.63, 3.8) is 0 Å². The number of rotatable bonds is 2. The normalized spacial score (nSPS) is 10.6. The molecule has 0 aromatic heterocycles. The average Bonchev–Trinajstić information content (AvgIpc) is 2.15. The molecule has 3 N–H and O–H groups in total. The van der Waals surface area contributed by atoms with Gasteiger partial charge in [-0.3, -0.25) is 5.43 Å². The Bertz CT molecular complexity index is 377. The molecule has 1 aromatic rings. The van der Waals surface area contributed by atoms with Gasteiger partial charge < -0.3 is 10.6 Å². The third-order valence-electron chi connectivity index (χ3n) is 1.94. The minimum absolute atomic E-state index is 0. The third kappa shape index (κ3) is 4.16. The van der Waals surface area contributed by atoms with Crippen LogP contribution < -0.4 is 11.2 Å². The molecule has 0 aliphatic rings. The van der Waals surface area contributed by atoms with Crippen LogP contribution >= 0.6 is 24.0 Å². The standard InChI is InChI=1S/C10H15ClN4.ClH/c1-7-6-8(11)4-5-9(7)13-14-10(12)15(2)3;/h4-6,13H,1-3H3,(H2,12,14);1H. The van der Waals surface area contributed by atoms with Crippen molar-refractivity contribution in [1.29, 1.82) is 0 Å². The highest BCUT2D eigenvalue weighted by Gasteiger charge is 1.98. The van der Waals surface area contributed by atoms with Crippen molar-refractivity contribution in [3.05, 3.63) is 28.8 Å². The Morgan fingerprint density at radius 1 is 1.44 bits per heavy atom. The molecule has 1 rings (SSSR count). The van der Waals surface area contributed by atoms with Crippen LogP contribution in [0.3, 0.4) is 0 Å². The summed E-state index contributed by atoms with van der Waals surface area (Å²) in [5.74, 6) is 0.421. The van der Waals surface area contributed by atoms with E-state index in [-0.39, 0.29) is 12.4 Å². The van der Waals surface area contributed by atoms with Crippen LogP contribution in [0.25, 0.3) is 0 Å². The zero-order chi connectivity index (χ0) is 11.4. The van der Waals surface area contributed by atoms with Crippen LogP contribution in [-0.2, 0) is 0 Å². The predicted octanol–water partition coefficient (Wildman–Crippen LogP) is 2.27. The maximum absolute atomic E-state index is 5.83. The fourth-order valence-electron chi connectivity index (χ4n) is 0.970. The lowest BCUT2D eigenvalue weighted by molar-refractivity contribution is 0.613. The van der Waals surface area contributed by atoms with Gasteiger partial charge in [0.15, 0.2) is 0 Å². The van der Waals surface area contributed by atoms with Gasteiger partial charge in [-0.25, -0.2) is 0 Å². The monoisotopic (exact) mass is 262 g/mol. The van der Waals surface area contributed by atoms with Gasteiger partial charge in [-0.1, -0.05) is 11.6 Å². The molecule has 0 saturated heterocycles. The summed E-state index contributed by atoms with van der Waals surface area (Å²) in [6.07, 6.45) is 0. The Hall–Kier alpha value is -1.13. The minimum Gasteiger partial charge on any atom is -0.368 e. The van der Waals surface area contributed by atoms with E-state index in [1.807, 2.05) is 33.2 Å². The number of nitrogens with two attached hydrogens (primary N) is 1. The number of hydrazone groups is 1. The molecular formula is C10H16Cl2N4. The van der Waals surface area contributed by atoms with Crippen LogP contribution in [0.1, 0.15) is 5.56 Å². The first-order valence-electron chi connectivity index (χ1n) is 4.53. The molecule has 4 nitrogen and oxygen atoms in total. The van der Waals surface area contributed by atoms with E-state index in [1.54, 1.807) is 11.0 Å². The fourth-order valence-corrected chi connectivity index (χ4v) is 1.20. The molecule has 0 bridgehead atoms. The lowest BCUT2D eigenvalue weighted by Gasteiger charge is -2.11. The van der Waals surface area contributed by atoms with E-state index < -0.39 is 0 Å². The van der Waals surface area contributed by atoms with Gasteiger partial charge in [-0.05, 0) is 30.7 Å². The van der Waals surface area contributed by atoms with Crippen LogP contribution in [0, 0.1) is 6.92 Å². The van der Waals surface area contributed by atoms with Gasteiger partial charge >= 0.3 is 0 Å². The second-order valence-electron chi connectivity index (χ2n) is 3.44. The molecule has 16 heavy (non-hydrogen) atoms. The summed E-state index contributed by atoms with van der Waals surface area (Å²) in [4.78, 5) is 1.72. The van der Waals surface area contributed by atoms with Crippen LogP contribution in [0.2, 0.25) is 5.02 Å². The zero-order valence-electron chi connectivity index (χ0n) is 9.49. The number of halogens is 2. The molecule has 0 aliphatic heterocycles. The predicted molar refractivity (Wildman–Crippen MR) is 72.4 cm³/mol. The quantitative estimate of drug-likeness (QED) is 0.489. The Morgan fingerprint density at radius 3 is 2.56 bits per heavy atom. The molecule has 1 aromatic carbocycles. The molecule has 0 radical (unpaired) electrons. The molecule has 0 atom stereocenters. The van der Waals surface area contributed by atoms with Crippen molar-refractivity contribution in [1.82, 2.24) is 4.90 Å². The number of aryl methyl sites for hydroxylation is 1. The molecule has 0 fully saturated rings. The fraction of sp³-hybridized carbons (Fsp3) is 0.300. The van der Waals surface area contributed by atoms with E-state index in [4.69, 9.17) is 17.3 Å². The second kappa shape index (κ2) is 6.45. The molecule has 6 heteroatoms. The molecule has 0 heterocycles. The summed E-state index contributed by atoms with van der Waals surface area (Å²) in [7, 11) is 3.66. The maximum atomic E-state index is 5.83. The smallest absolute Gasteiger partial charge is 0.213 e. The van der Waals surface area contributed by atoms with Crippen LogP contribution in [-0.4, -0.2) is 25.0 Å². The van der Waals surface area contributed by atoms with Crippen molar-refractivity contribution in [2.45, 2.75) is 6.92 Å². The largest absolute Gasteiger partial charge is 0.368 e. The van der Waals surface area contributed by atoms with Crippen molar-refractivity contribution in [2.24, 2.45) is 10.8 Å². The van der Waals surface area contributed by atoms with Crippen molar-refractivity contribution in [2.75, 3.05) is 19.5 Å². The molecular weight excluding hydrogens is 247 g/mol. The highest BCUT2D eigenvalue weighted by atomic mass is 35.5. The zero-order valence-corrected chi connectivity index (χ0v) is 11.1. The SMILES string of the molecule is Cc1cc(Cl)ccc1N/N=C(\N)N(C)C.Cl. The van der Waals surface area contributed by atoms with E-state index in [0.717, 1.165) is 11.3 Å². The first-order valence-corrected chi connectivity index (χ1v) is 4.91. The van der Waals surface area contributed by atoms with E-state index >= 15 is 0 Å². The van der Waals surface area contributed by atoms with Gasteiger partial charge in [0.2, 0.25) is 5.96 Å². The lowest BCUT2D eigenvalue weighted by atomic mass is 10.2. The Kier molecular flexibility index (Phi) is 6.00. The molecule has 0 amide bonds. The van der Waals surface area contributed by atoms with Crippen LogP contribution in [0.15, 0.2) is 23.3 Å². The van der Waals surface area contributed by atoms with E-state index in [9.17, 15) is 0 Å². The number of hydrogen-bond donors (Lipinski definition) is 2. The number of nitrogens with one attached hydrogen (secondary N) is 1. The highest BCUT2D eigenvalue weighted by Crippen LogP contribution is 2.19. The summed E-state index contributed by atoms with van der Waals surface area (Å²) < 4.78 is 0. The molecule has 0 spiro atoms. The van der Waals surface area contributed by atoms with Gasteiger partial charge in [0, 0.05) is 19.1 Å².